The van der Waals surface area contributed by atoms with E-state index in [0.717, 1.165) is 17.7 Å². The molecule has 7 heteroatoms. The highest BCUT2D eigenvalue weighted by Gasteiger charge is 2.33. The van der Waals surface area contributed by atoms with E-state index in [1.54, 1.807) is 23.1 Å². The second-order valence-electron chi connectivity index (χ2n) is 6.17. The van der Waals surface area contributed by atoms with E-state index in [2.05, 4.69) is 10.2 Å². The van der Waals surface area contributed by atoms with Crippen molar-refractivity contribution in [3.8, 4) is 11.5 Å². The lowest BCUT2D eigenvalue weighted by atomic mass is 10.1. The summed E-state index contributed by atoms with van der Waals surface area (Å²) in [6.07, 6.45) is 2.37. The molecule has 1 aliphatic heterocycles. The maximum atomic E-state index is 12.7. The number of hydrogen-bond acceptors (Lipinski definition) is 6. The summed E-state index contributed by atoms with van der Waals surface area (Å²) < 4.78 is 10.3. The van der Waals surface area contributed by atoms with Gasteiger partial charge in [-0.1, -0.05) is 25.1 Å². The van der Waals surface area contributed by atoms with Gasteiger partial charge in [-0.2, -0.15) is 5.10 Å². The van der Waals surface area contributed by atoms with Crippen molar-refractivity contribution in [2.45, 2.75) is 20.3 Å². The number of fused-ring (bicyclic) bond motifs is 1. The summed E-state index contributed by atoms with van der Waals surface area (Å²) in [7, 11) is 1.49. The van der Waals surface area contributed by atoms with E-state index in [0.29, 0.717) is 29.3 Å². The van der Waals surface area contributed by atoms with Crippen molar-refractivity contribution in [2.75, 3.05) is 18.6 Å². The standard InChI is InChI=1S/C21H21N3O4/c1-4-11-24-17-8-6-5-7-16(17)20(21(24)26)23-22-13-15-9-10-18(28-14(2)25)19(12-15)27-3/h5-10,12-13H,4,11H2,1-3H3/b22-13-,23-20+. The van der Waals surface area contributed by atoms with Crippen LogP contribution < -0.4 is 14.4 Å². The van der Waals surface area contributed by atoms with Crippen LogP contribution in [0.3, 0.4) is 0 Å². The van der Waals surface area contributed by atoms with E-state index in [4.69, 9.17) is 9.47 Å². The van der Waals surface area contributed by atoms with Crippen molar-refractivity contribution in [3.63, 3.8) is 0 Å². The summed E-state index contributed by atoms with van der Waals surface area (Å²) in [5.41, 5.74) is 2.65. The molecule has 2 aromatic carbocycles. The summed E-state index contributed by atoms with van der Waals surface area (Å²) in [6, 6.07) is 12.6. The minimum absolute atomic E-state index is 0.150. The third-order valence-electron chi connectivity index (χ3n) is 4.15. The smallest absolute Gasteiger partial charge is 0.308 e. The topological polar surface area (TPSA) is 80.6 Å². The molecule has 0 unspecified atom stereocenters. The number of hydrogen-bond donors (Lipinski definition) is 0. The van der Waals surface area contributed by atoms with Crippen LogP contribution in [0, 0.1) is 0 Å². The number of amides is 1. The lowest BCUT2D eigenvalue weighted by Crippen LogP contribution is -2.30. The number of esters is 1. The monoisotopic (exact) mass is 379 g/mol. The zero-order chi connectivity index (χ0) is 20.1. The first-order valence-corrected chi connectivity index (χ1v) is 8.94. The van der Waals surface area contributed by atoms with Gasteiger partial charge in [-0.15, -0.1) is 5.10 Å². The highest BCUT2D eigenvalue weighted by molar-refractivity contribution is 6.54. The molecule has 0 bridgehead atoms. The Labute approximate surface area is 163 Å². The molecule has 0 aliphatic carbocycles. The second kappa shape index (κ2) is 8.47. The Hall–Kier alpha value is -3.48. The molecule has 2 aromatic rings. The zero-order valence-electron chi connectivity index (χ0n) is 16.0. The Kier molecular flexibility index (Phi) is 5.84. The fourth-order valence-electron chi connectivity index (χ4n) is 2.96. The highest BCUT2D eigenvalue weighted by Crippen LogP contribution is 2.30. The number of ether oxygens (including phenoxy) is 2. The molecule has 7 nitrogen and oxygen atoms in total. The number of methoxy groups -OCH3 is 1. The van der Waals surface area contributed by atoms with Crippen molar-refractivity contribution in [1.82, 2.24) is 0 Å². The van der Waals surface area contributed by atoms with Gasteiger partial charge >= 0.3 is 5.97 Å². The molecule has 28 heavy (non-hydrogen) atoms. The van der Waals surface area contributed by atoms with Crippen molar-refractivity contribution in [3.05, 3.63) is 53.6 Å². The van der Waals surface area contributed by atoms with Gasteiger partial charge in [0.15, 0.2) is 17.2 Å². The maximum Gasteiger partial charge on any atom is 0.308 e. The average molecular weight is 379 g/mol. The fraction of sp³-hybridized carbons (Fsp3) is 0.238. The number of nitrogens with zero attached hydrogens (tertiary/aromatic N) is 3. The number of carbonyl (C=O) groups excluding carboxylic acids is 2. The molecule has 0 saturated heterocycles. The Morgan fingerprint density at radius 2 is 1.96 bits per heavy atom. The van der Waals surface area contributed by atoms with Gasteiger partial charge in [-0.05, 0) is 36.2 Å². The summed E-state index contributed by atoms with van der Waals surface area (Å²) in [5.74, 6) is 0.154. The lowest BCUT2D eigenvalue weighted by Gasteiger charge is -2.14. The molecule has 1 aliphatic rings. The SMILES string of the molecule is CCCN1C(=O)/C(=N/N=C\c2ccc(OC(C)=O)c(OC)c2)c2ccccc21. The quantitative estimate of drug-likeness (QED) is 0.334. The van der Waals surface area contributed by atoms with Gasteiger partial charge in [0.2, 0.25) is 0 Å². The van der Waals surface area contributed by atoms with Gasteiger partial charge in [-0.25, -0.2) is 0 Å². The van der Waals surface area contributed by atoms with Crippen LogP contribution in [0.5, 0.6) is 11.5 Å². The third-order valence-corrected chi connectivity index (χ3v) is 4.15. The normalized spacial score (nSPS) is 14.6. The molecule has 1 heterocycles. The van der Waals surface area contributed by atoms with E-state index < -0.39 is 5.97 Å². The van der Waals surface area contributed by atoms with Crippen molar-refractivity contribution >= 4 is 29.5 Å². The number of para-hydroxylation sites is 1. The van der Waals surface area contributed by atoms with Gasteiger partial charge in [0.25, 0.3) is 5.91 Å². The van der Waals surface area contributed by atoms with E-state index in [-0.39, 0.29) is 5.91 Å². The first kappa shape index (κ1) is 19.3. The summed E-state index contributed by atoms with van der Waals surface area (Å²) in [4.78, 5) is 25.6. The van der Waals surface area contributed by atoms with Crippen LogP contribution in [0.25, 0.3) is 0 Å². The molecule has 0 fully saturated rings. The fourth-order valence-corrected chi connectivity index (χ4v) is 2.96. The van der Waals surface area contributed by atoms with Gasteiger partial charge in [0.05, 0.1) is 19.0 Å². The molecule has 144 valence electrons. The third kappa shape index (κ3) is 3.93. The Morgan fingerprint density at radius 3 is 2.68 bits per heavy atom. The molecule has 3 rings (SSSR count). The minimum Gasteiger partial charge on any atom is -0.493 e. The van der Waals surface area contributed by atoms with E-state index in [1.807, 2.05) is 31.2 Å². The van der Waals surface area contributed by atoms with E-state index in [1.165, 1.54) is 20.2 Å². The average Bonchev–Trinajstić information content (AvgIpc) is 2.95. The van der Waals surface area contributed by atoms with Crippen LogP contribution in [-0.2, 0) is 9.59 Å². The lowest BCUT2D eigenvalue weighted by molar-refractivity contribution is -0.132. The predicted octanol–water partition coefficient (Wildman–Crippen LogP) is 3.20. The molecule has 0 radical (unpaired) electrons. The van der Waals surface area contributed by atoms with Gasteiger partial charge in [0, 0.05) is 19.0 Å². The minimum atomic E-state index is -0.429. The second-order valence-corrected chi connectivity index (χ2v) is 6.17. The number of rotatable bonds is 6. The largest absolute Gasteiger partial charge is 0.493 e. The molecular formula is C21H21N3O4. The van der Waals surface area contributed by atoms with Gasteiger partial charge in [0.1, 0.15) is 0 Å². The molecule has 0 atom stereocenters. The van der Waals surface area contributed by atoms with Gasteiger partial charge < -0.3 is 14.4 Å². The first-order valence-electron chi connectivity index (χ1n) is 8.94. The summed E-state index contributed by atoms with van der Waals surface area (Å²) in [5, 5.41) is 8.25. The highest BCUT2D eigenvalue weighted by atomic mass is 16.6. The maximum absolute atomic E-state index is 12.7. The summed E-state index contributed by atoms with van der Waals surface area (Å²) in [6.45, 7) is 3.98. The van der Waals surface area contributed by atoms with Crippen LogP contribution in [0.1, 0.15) is 31.4 Å². The van der Waals surface area contributed by atoms with Crippen molar-refractivity contribution in [1.29, 1.82) is 0 Å². The van der Waals surface area contributed by atoms with Crippen LogP contribution in [-0.4, -0.2) is 37.5 Å². The van der Waals surface area contributed by atoms with Crippen LogP contribution in [0.4, 0.5) is 5.69 Å². The van der Waals surface area contributed by atoms with Crippen LogP contribution >= 0.6 is 0 Å². The predicted molar refractivity (Wildman–Crippen MR) is 108 cm³/mol. The number of carbonyl (C=O) groups is 2. The number of anilines is 1. The van der Waals surface area contributed by atoms with Gasteiger partial charge in [-0.3, -0.25) is 9.59 Å². The Morgan fingerprint density at radius 1 is 1.18 bits per heavy atom. The zero-order valence-corrected chi connectivity index (χ0v) is 16.0. The summed E-state index contributed by atoms with van der Waals surface area (Å²) >= 11 is 0. The molecule has 0 spiro atoms. The Bertz CT molecular complexity index is 966. The van der Waals surface area contributed by atoms with E-state index >= 15 is 0 Å². The Balaban J connectivity index is 1.86. The molecule has 0 aromatic heterocycles. The van der Waals surface area contributed by atoms with Crippen LogP contribution in [0.2, 0.25) is 0 Å². The van der Waals surface area contributed by atoms with Crippen molar-refractivity contribution in [2.24, 2.45) is 10.2 Å². The molecule has 0 saturated carbocycles. The molecule has 1 amide bonds. The molecular weight excluding hydrogens is 358 g/mol. The molecule has 0 N–H and O–H groups in total. The van der Waals surface area contributed by atoms with Crippen molar-refractivity contribution < 1.29 is 19.1 Å². The van der Waals surface area contributed by atoms with Crippen LogP contribution in [0.15, 0.2) is 52.7 Å². The number of benzene rings is 2. The first-order chi connectivity index (χ1) is 13.5. The van der Waals surface area contributed by atoms with E-state index in [9.17, 15) is 9.59 Å².